The fourth-order valence-corrected chi connectivity index (χ4v) is 1.58. The summed E-state index contributed by atoms with van der Waals surface area (Å²) in [4.78, 5) is 2.25. The highest BCUT2D eigenvalue weighted by molar-refractivity contribution is 5.32. The summed E-state index contributed by atoms with van der Waals surface area (Å²) in [5, 5.41) is 12.1. The van der Waals surface area contributed by atoms with E-state index in [-0.39, 0.29) is 0 Å². The van der Waals surface area contributed by atoms with Crippen molar-refractivity contribution in [2.45, 2.75) is 13.5 Å². The molecule has 0 bridgehead atoms. The van der Waals surface area contributed by atoms with Gasteiger partial charge in [0, 0.05) is 19.6 Å². The molecule has 0 fully saturated rings. The van der Waals surface area contributed by atoms with Crippen molar-refractivity contribution in [2.24, 2.45) is 0 Å². The van der Waals surface area contributed by atoms with Gasteiger partial charge < -0.3 is 10.2 Å². The highest BCUT2D eigenvalue weighted by atomic mass is 15.1. The van der Waals surface area contributed by atoms with Gasteiger partial charge in [-0.15, -0.1) is 0 Å². The van der Waals surface area contributed by atoms with Gasteiger partial charge in [0.2, 0.25) is 0 Å². The summed E-state index contributed by atoms with van der Waals surface area (Å²) in [7, 11) is 2.09. The van der Waals surface area contributed by atoms with Gasteiger partial charge in [-0.2, -0.15) is 5.26 Å². The highest BCUT2D eigenvalue weighted by Gasteiger charge is 2.00. The molecule has 0 aliphatic carbocycles. The van der Waals surface area contributed by atoms with Gasteiger partial charge >= 0.3 is 0 Å². The number of nitriles is 1. The Kier molecular flexibility index (Phi) is 5.55. The Labute approximate surface area is 97.7 Å². The minimum absolute atomic E-state index is 0.734. The topological polar surface area (TPSA) is 39.1 Å². The lowest BCUT2D eigenvalue weighted by Crippen LogP contribution is -2.28. The van der Waals surface area contributed by atoms with Gasteiger partial charge in [0.25, 0.3) is 0 Å². The van der Waals surface area contributed by atoms with E-state index in [2.05, 4.69) is 36.3 Å². The zero-order chi connectivity index (χ0) is 11.8. The second-order valence-corrected chi connectivity index (χ2v) is 3.90. The van der Waals surface area contributed by atoms with Gasteiger partial charge in [-0.05, 0) is 31.3 Å². The van der Waals surface area contributed by atoms with E-state index in [0.29, 0.717) is 0 Å². The van der Waals surface area contributed by atoms with Gasteiger partial charge in [-0.25, -0.2) is 0 Å². The molecule has 1 N–H and O–H groups in total. The third-order valence-electron chi connectivity index (χ3n) is 2.43. The SMILES string of the molecule is CCNCCN(C)Cc1cccc(C#N)c1. The van der Waals surface area contributed by atoms with Gasteiger partial charge in [0.05, 0.1) is 11.6 Å². The van der Waals surface area contributed by atoms with Crippen LogP contribution in [0.5, 0.6) is 0 Å². The molecular weight excluding hydrogens is 198 g/mol. The van der Waals surface area contributed by atoms with Crippen LogP contribution in [0.4, 0.5) is 0 Å². The minimum Gasteiger partial charge on any atom is -0.316 e. The van der Waals surface area contributed by atoms with Crippen molar-refractivity contribution >= 4 is 0 Å². The Hall–Kier alpha value is -1.37. The molecule has 0 unspecified atom stereocenters. The van der Waals surface area contributed by atoms with Crippen LogP contribution in [-0.4, -0.2) is 31.6 Å². The minimum atomic E-state index is 0.734. The van der Waals surface area contributed by atoms with Crippen molar-refractivity contribution in [3.05, 3.63) is 35.4 Å². The third-order valence-corrected chi connectivity index (χ3v) is 2.43. The number of hydrogen-bond acceptors (Lipinski definition) is 3. The molecule has 0 spiro atoms. The summed E-state index contributed by atoms with van der Waals surface area (Å²) in [5.41, 5.74) is 1.93. The first-order valence-corrected chi connectivity index (χ1v) is 5.64. The summed E-state index contributed by atoms with van der Waals surface area (Å²) in [6, 6.07) is 9.94. The molecule has 3 heteroatoms. The van der Waals surface area contributed by atoms with E-state index in [4.69, 9.17) is 5.26 Å². The molecule has 0 saturated heterocycles. The molecule has 3 nitrogen and oxygen atoms in total. The zero-order valence-electron chi connectivity index (χ0n) is 10.0. The average molecular weight is 217 g/mol. The number of benzene rings is 1. The molecule has 16 heavy (non-hydrogen) atoms. The number of nitrogens with one attached hydrogen (secondary N) is 1. The van der Waals surface area contributed by atoms with Crippen LogP contribution in [0, 0.1) is 11.3 Å². The van der Waals surface area contributed by atoms with Crippen LogP contribution in [0.3, 0.4) is 0 Å². The normalized spacial score (nSPS) is 10.4. The monoisotopic (exact) mass is 217 g/mol. The Morgan fingerprint density at radius 2 is 2.25 bits per heavy atom. The van der Waals surface area contributed by atoms with Crippen molar-refractivity contribution in [3.63, 3.8) is 0 Å². The van der Waals surface area contributed by atoms with E-state index in [1.807, 2.05) is 18.2 Å². The molecule has 0 amide bonds. The molecule has 0 aliphatic heterocycles. The van der Waals surface area contributed by atoms with Crippen molar-refractivity contribution < 1.29 is 0 Å². The number of hydrogen-bond donors (Lipinski definition) is 1. The second kappa shape index (κ2) is 7.00. The van der Waals surface area contributed by atoms with Crippen molar-refractivity contribution in [3.8, 4) is 6.07 Å². The molecule has 0 aliphatic rings. The van der Waals surface area contributed by atoms with E-state index in [0.717, 1.165) is 31.7 Å². The number of rotatable bonds is 6. The van der Waals surface area contributed by atoms with Crippen LogP contribution in [0.1, 0.15) is 18.1 Å². The van der Waals surface area contributed by atoms with Gasteiger partial charge in [0.1, 0.15) is 0 Å². The largest absolute Gasteiger partial charge is 0.316 e. The molecule has 0 radical (unpaired) electrons. The third kappa shape index (κ3) is 4.43. The lowest BCUT2D eigenvalue weighted by atomic mass is 10.1. The second-order valence-electron chi connectivity index (χ2n) is 3.90. The Bertz CT molecular complexity index is 354. The van der Waals surface area contributed by atoms with Crippen LogP contribution < -0.4 is 5.32 Å². The standard InChI is InChI=1S/C13H19N3/c1-3-15-7-8-16(2)11-13-6-4-5-12(9-13)10-14/h4-6,9,15H,3,7-8,11H2,1-2H3. The first-order valence-electron chi connectivity index (χ1n) is 5.64. The Balaban J connectivity index is 2.43. The quantitative estimate of drug-likeness (QED) is 0.736. The predicted octanol–water partition coefficient (Wildman–Crippen LogP) is 1.60. The fraction of sp³-hybridized carbons (Fsp3) is 0.462. The van der Waals surface area contributed by atoms with Gasteiger partial charge in [0.15, 0.2) is 0 Å². The van der Waals surface area contributed by atoms with Crippen molar-refractivity contribution in [1.82, 2.24) is 10.2 Å². The maximum Gasteiger partial charge on any atom is 0.0991 e. The number of nitrogens with zero attached hydrogens (tertiary/aromatic N) is 2. The van der Waals surface area contributed by atoms with Crippen LogP contribution in [0.15, 0.2) is 24.3 Å². The summed E-state index contributed by atoms with van der Waals surface area (Å²) >= 11 is 0. The molecule has 0 saturated carbocycles. The summed E-state index contributed by atoms with van der Waals surface area (Å²) in [6.07, 6.45) is 0. The molecule has 0 aromatic heterocycles. The highest BCUT2D eigenvalue weighted by Crippen LogP contribution is 2.06. The molecule has 1 aromatic carbocycles. The maximum atomic E-state index is 8.80. The Morgan fingerprint density at radius 3 is 2.94 bits per heavy atom. The summed E-state index contributed by atoms with van der Waals surface area (Å²) in [5.74, 6) is 0. The first kappa shape index (κ1) is 12.7. The average Bonchev–Trinajstić information content (AvgIpc) is 2.29. The van der Waals surface area contributed by atoms with Crippen LogP contribution in [0.2, 0.25) is 0 Å². The molecule has 1 aromatic rings. The van der Waals surface area contributed by atoms with E-state index in [1.165, 1.54) is 5.56 Å². The van der Waals surface area contributed by atoms with Crippen molar-refractivity contribution in [2.75, 3.05) is 26.7 Å². The number of likely N-dealkylation sites (N-methyl/N-ethyl adjacent to an activating group) is 2. The summed E-state index contributed by atoms with van der Waals surface area (Å²) < 4.78 is 0. The first-order chi connectivity index (χ1) is 7.76. The van der Waals surface area contributed by atoms with Gasteiger partial charge in [-0.3, -0.25) is 0 Å². The van der Waals surface area contributed by atoms with E-state index in [9.17, 15) is 0 Å². The fourth-order valence-electron chi connectivity index (χ4n) is 1.58. The van der Waals surface area contributed by atoms with Crippen molar-refractivity contribution in [1.29, 1.82) is 5.26 Å². The van der Waals surface area contributed by atoms with Crippen LogP contribution >= 0.6 is 0 Å². The zero-order valence-corrected chi connectivity index (χ0v) is 10.0. The smallest absolute Gasteiger partial charge is 0.0991 e. The molecule has 1 rings (SSSR count). The Morgan fingerprint density at radius 1 is 1.44 bits per heavy atom. The molecule has 0 heterocycles. The predicted molar refractivity (Wildman–Crippen MR) is 66.0 cm³/mol. The molecule has 86 valence electrons. The van der Waals surface area contributed by atoms with Crippen LogP contribution in [-0.2, 0) is 6.54 Å². The van der Waals surface area contributed by atoms with Gasteiger partial charge in [-0.1, -0.05) is 19.1 Å². The van der Waals surface area contributed by atoms with E-state index < -0.39 is 0 Å². The van der Waals surface area contributed by atoms with Crippen LogP contribution in [0.25, 0.3) is 0 Å². The van der Waals surface area contributed by atoms with E-state index >= 15 is 0 Å². The maximum absolute atomic E-state index is 8.80. The molecule has 0 atom stereocenters. The van der Waals surface area contributed by atoms with E-state index in [1.54, 1.807) is 0 Å². The molecular formula is C13H19N3. The summed E-state index contributed by atoms with van der Waals surface area (Å²) in [6.45, 7) is 6.03. The lowest BCUT2D eigenvalue weighted by Gasteiger charge is -2.16. The lowest BCUT2D eigenvalue weighted by molar-refractivity contribution is 0.325.